The van der Waals surface area contributed by atoms with Crippen molar-refractivity contribution in [2.45, 2.75) is 32.6 Å². The van der Waals surface area contributed by atoms with E-state index in [0.29, 0.717) is 12.5 Å². The fraction of sp³-hybridized carbons (Fsp3) is 0.381. The van der Waals surface area contributed by atoms with Crippen molar-refractivity contribution in [2.75, 3.05) is 20.3 Å². The molecule has 0 aliphatic heterocycles. The van der Waals surface area contributed by atoms with Crippen molar-refractivity contribution in [1.29, 1.82) is 0 Å². The lowest BCUT2D eigenvalue weighted by Crippen LogP contribution is -2.30. The van der Waals surface area contributed by atoms with E-state index >= 15 is 0 Å². The number of hydrogen-bond acceptors (Lipinski definition) is 3. The molecule has 0 heterocycles. The molecule has 1 unspecified atom stereocenters. The van der Waals surface area contributed by atoms with Crippen LogP contribution in [0.5, 0.6) is 11.5 Å². The van der Waals surface area contributed by atoms with Gasteiger partial charge in [0, 0.05) is 6.54 Å². The third kappa shape index (κ3) is 6.14. The maximum Gasteiger partial charge on any atom is 0.257 e. The molecule has 0 bridgehead atoms. The fourth-order valence-corrected chi connectivity index (χ4v) is 2.47. The Morgan fingerprint density at radius 2 is 1.68 bits per heavy atom. The number of nitrogens with one attached hydrogen (secondary N) is 1. The molecule has 0 aliphatic carbocycles. The molecular formula is C21H27NO3. The van der Waals surface area contributed by atoms with Gasteiger partial charge in [-0.2, -0.15) is 0 Å². The average Bonchev–Trinajstić information content (AvgIpc) is 2.66. The van der Waals surface area contributed by atoms with Crippen LogP contribution in [0.3, 0.4) is 0 Å². The summed E-state index contributed by atoms with van der Waals surface area (Å²) < 4.78 is 10.7. The maximum atomic E-state index is 11.9. The minimum absolute atomic E-state index is 0.0330. The zero-order valence-corrected chi connectivity index (χ0v) is 15.2. The van der Waals surface area contributed by atoms with Crippen LogP contribution in [-0.4, -0.2) is 26.2 Å². The number of hydrogen-bond donors (Lipinski definition) is 1. The summed E-state index contributed by atoms with van der Waals surface area (Å²) in [6.45, 7) is 4.99. The lowest BCUT2D eigenvalue weighted by Gasteiger charge is -2.11. The number of methoxy groups -OCH3 is 1. The number of ether oxygens (including phenoxy) is 2. The summed E-state index contributed by atoms with van der Waals surface area (Å²) in [6.07, 6.45) is 1.89. The van der Waals surface area contributed by atoms with Gasteiger partial charge >= 0.3 is 0 Å². The minimum Gasteiger partial charge on any atom is -0.497 e. The van der Waals surface area contributed by atoms with Crippen LogP contribution in [0.4, 0.5) is 0 Å². The topological polar surface area (TPSA) is 47.6 Å². The average molecular weight is 341 g/mol. The SMILES string of the molecule is CCC(C)c1ccc(OCC(=O)NCCc2ccc(OC)cc2)cc1. The summed E-state index contributed by atoms with van der Waals surface area (Å²) in [5.41, 5.74) is 2.45. The van der Waals surface area contributed by atoms with Gasteiger partial charge in [0.15, 0.2) is 6.61 Å². The van der Waals surface area contributed by atoms with Gasteiger partial charge in [0.1, 0.15) is 11.5 Å². The smallest absolute Gasteiger partial charge is 0.257 e. The van der Waals surface area contributed by atoms with Crippen molar-refractivity contribution >= 4 is 5.91 Å². The molecule has 0 radical (unpaired) electrons. The molecule has 2 aromatic carbocycles. The maximum absolute atomic E-state index is 11.9. The third-order valence-corrected chi connectivity index (χ3v) is 4.33. The lowest BCUT2D eigenvalue weighted by molar-refractivity contribution is -0.123. The predicted octanol–water partition coefficient (Wildman–Crippen LogP) is 3.95. The molecule has 2 rings (SSSR count). The van der Waals surface area contributed by atoms with Crippen molar-refractivity contribution in [2.24, 2.45) is 0 Å². The van der Waals surface area contributed by atoms with Crippen molar-refractivity contribution < 1.29 is 14.3 Å². The molecule has 4 heteroatoms. The van der Waals surface area contributed by atoms with E-state index in [9.17, 15) is 4.79 Å². The van der Waals surface area contributed by atoms with E-state index in [1.807, 2.05) is 36.4 Å². The molecule has 134 valence electrons. The van der Waals surface area contributed by atoms with Gasteiger partial charge in [-0.15, -0.1) is 0 Å². The molecule has 2 aromatic rings. The van der Waals surface area contributed by atoms with E-state index in [-0.39, 0.29) is 12.5 Å². The summed E-state index contributed by atoms with van der Waals surface area (Å²) in [5.74, 6) is 1.98. The van der Waals surface area contributed by atoms with Crippen LogP contribution in [0.25, 0.3) is 0 Å². The largest absolute Gasteiger partial charge is 0.497 e. The zero-order valence-electron chi connectivity index (χ0n) is 15.2. The van der Waals surface area contributed by atoms with Gasteiger partial charge in [0.2, 0.25) is 0 Å². The van der Waals surface area contributed by atoms with Crippen molar-refractivity contribution in [3.63, 3.8) is 0 Å². The van der Waals surface area contributed by atoms with Gasteiger partial charge in [-0.1, -0.05) is 38.1 Å². The van der Waals surface area contributed by atoms with Gasteiger partial charge < -0.3 is 14.8 Å². The molecule has 25 heavy (non-hydrogen) atoms. The molecule has 1 amide bonds. The number of rotatable bonds is 9. The van der Waals surface area contributed by atoms with Crippen molar-refractivity contribution in [3.05, 3.63) is 59.7 Å². The summed E-state index contributed by atoms with van der Waals surface area (Å²) in [5, 5.41) is 2.87. The first-order valence-electron chi connectivity index (χ1n) is 8.74. The summed E-state index contributed by atoms with van der Waals surface area (Å²) >= 11 is 0. The van der Waals surface area contributed by atoms with Crippen LogP contribution >= 0.6 is 0 Å². The van der Waals surface area contributed by atoms with E-state index < -0.39 is 0 Å². The summed E-state index contributed by atoms with van der Waals surface area (Å²) in [7, 11) is 1.65. The predicted molar refractivity (Wildman–Crippen MR) is 100 cm³/mol. The van der Waals surface area contributed by atoms with E-state index in [1.54, 1.807) is 7.11 Å². The number of amides is 1. The Kier molecular flexibility index (Phi) is 7.33. The van der Waals surface area contributed by atoms with Crippen LogP contribution in [0.15, 0.2) is 48.5 Å². The van der Waals surface area contributed by atoms with Gasteiger partial charge in [0.05, 0.1) is 7.11 Å². The highest BCUT2D eigenvalue weighted by molar-refractivity contribution is 5.77. The number of benzene rings is 2. The summed E-state index contributed by atoms with van der Waals surface area (Å²) in [6, 6.07) is 15.8. The van der Waals surface area contributed by atoms with Crippen LogP contribution in [0.1, 0.15) is 37.3 Å². The minimum atomic E-state index is -0.112. The monoisotopic (exact) mass is 341 g/mol. The first-order chi connectivity index (χ1) is 12.1. The molecule has 1 atom stereocenters. The first-order valence-corrected chi connectivity index (χ1v) is 8.74. The Hall–Kier alpha value is -2.49. The van der Waals surface area contributed by atoms with Crippen molar-refractivity contribution in [1.82, 2.24) is 5.32 Å². The Labute approximate surface area is 150 Å². The highest BCUT2D eigenvalue weighted by atomic mass is 16.5. The normalized spacial score (nSPS) is 11.6. The molecule has 4 nitrogen and oxygen atoms in total. The molecule has 0 saturated carbocycles. The second kappa shape index (κ2) is 9.72. The second-order valence-corrected chi connectivity index (χ2v) is 6.12. The van der Waals surface area contributed by atoms with E-state index in [4.69, 9.17) is 9.47 Å². The number of carbonyl (C=O) groups is 1. The van der Waals surface area contributed by atoms with Crippen LogP contribution in [0.2, 0.25) is 0 Å². The first kappa shape index (κ1) is 18.8. The van der Waals surface area contributed by atoms with Gasteiger partial charge in [0.25, 0.3) is 5.91 Å². The summed E-state index contributed by atoms with van der Waals surface area (Å²) in [4.78, 5) is 11.9. The standard InChI is InChI=1S/C21H27NO3/c1-4-16(2)18-7-11-20(12-8-18)25-15-21(23)22-14-13-17-5-9-19(24-3)10-6-17/h5-12,16H,4,13-15H2,1-3H3,(H,22,23). The Bertz CT molecular complexity index is 650. The van der Waals surface area contributed by atoms with Crippen LogP contribution in [0, 0.1) is 0 Å². The quantitative estimate of drug-likeness (QED) is 0.751. The van der Waals surface area contributed by atoms with Gasteiger partial charge in [-0.05, 0) is 54.2 Å². The van der Waals surface area contributed by atoms with Crippen LogP contribution in [-0.2, 0) is 11.2 Å². The molecule has 0 saturated heterocycles. The Morgan fingerprint density at radius 1 is 1.04 bits per heavy atom. The molecule has 0 fully saturated rings. The fourth-order valence-electron chi connectivity index (χ4n) is 2.47. The second-order valence-electron chi connectivity index (χ2n) is 6.12. The van der Waals surface area contributed by atoms with E-state index in [0.717, 1.165) is 29.9 Å². The Morgan fingerprint density at radius 3 is 2.28 bits per heavy atom. The van der Waals surface area contributed by atoms with Crippen molar-refractivity contribution in [3.8, 4) is 11.5 Å². The van der Waals surface area contributed by atoms with Gasteiger partial charge in [-0.25, -0.2) is 0 Å². The Balaban J connectivity index is 1.69. The molecule has 1 N–H and O–H groups in total. The zero-order chi connectivity index (χ0) is 18.1. The third-order valence-electron chi connectivity index (χ3n) is 4.33. The molecular weight excluding hydrogens is 314 g/mol. The molecule has 0 spiro atoms. The van der Waals surface area contributed by atoms with E-state index in [1.165, 1.54) is 5.56 Å². The lowest BCUT2D eigenvalue weighted by atomic mass is 9.99. The highest BCUT2D eigenvalue weighted by Gasteiger charge is 2.05. The number of carbonyl (C=O) groups excluding carboxylic acids is 1. The van der Waals surface area contributed by atoms with Gasteiger partial charge in [-0.3, -0.25) is 4.79 Å². The molecule has 0 aliphatic rings. The highest BCUT2D eigenvalue weighted by Crippen LogP contribution is 2.21. The molecule has 0 aromatic heterocycles. The van der Waals surface area contributed by atoms with Crippen LogP contribution < -0.4 is 14.8 Å². The van der Waals surface area contributed by atoms with E-state index in [2.05, 4.69) is 31.3 Å².